The van der Waals surface area contributed by atoms with Crippen molar-refractivity contribution in [3.63, 3.8) is 0 Å². The zero-order chi connectivity index (χ0) is 27.1. The average Bonchev–Trinajstić information content (AvgIpc) is 2.79. The van der Waals surface area contributed by atoms with Crippen LogP contribution in [0.4, 0.5) is 0 Å². The molecule has 3 atom stereocenters. The Morgan fingerprint density at radius 1 is 1.03 bits per heavy atom. The predicted molar refractivity (Wildman–Crippen MR) is 141 cm³/mol. The van der Waals surface area contributed by atoms with Crippen LogP contribution in [0.1, 0.15) is 61.0 Å². The van der Waals surface area contributed by atoms with Gasteiger partial charge in [0.25, 0.3) is 0 Å². The Balaban J connectivity index is 3.29. The first-order valence-corrected chi connectivity index (χ1v) is 12.2. The zero-order valence-corrected chi connectivity index (χ0v) is 23.1. The summed E-state index contributed by atoms with van der Waals surface area (Å²) >= 11 is 0. The van der Waals surface area contributed by atoms with E-state index in [4.69, 9.17) is 0 Å². The molecule has 0 aliphatic heterocycles. The highest BCUT2D eigenvalue weighted by molar-refractivity contribution is 5.96. The maximum atomic E-state index is 13.7. The summed E-state index contributed by atoms with van der Waals surface area (Å²) in [4.78, 5) is 40.8. The van der Waals surface area contributed by atoms with Gasteiger partial charge in [-0.2, -0.15) is 0 Å². The maximum Gasteiger partial charge on any atom is 0.245 e. The third kappa shape index (κ3) is 7.74. The highest BCUT2D eigenvalue weighted by atomic mass is 16.3. The smallest absolute Gasteiger partial charge is 0.245 e. The van der Waals surface area contributed by atoms with E-state index in [1.807, 2.05) is 78.8 Å². The molecule has 0 aromatic heterocycles. The zero-order valence-electron chi connectivity index (χ0n) is 23.1. The summed E-state index contributed by atoms with van der Waals surface area (Å²) in [7, 11) is 3.43. The molecule has 0 spiro atoms. The van der Waals surface area contributed by atoms with Crippen LogP contribution in [0.25, 0.3) is 0 Å². The van der Waals surface area contributed by atoms with Crippen molar-refractivity contribution in [2.75, 3.05) is 20.7 Å². The second kappa shape index (κ2) is 12.5. The van der Waals surface area contributed by atoms with E-state index in [-0.39, 0.29) is 29.6 Å². The van der Waals surface area contributed by atoms with E-state index in [1.54, 1.807) is 32.0 Å². The Hall–Kier alpha value is -2.51. The van der Waals surface area contributed by atoms with Gasteiger partial charge in [-0.05, 0) is 36.4 Å². The molecule has 196 valence electrons. The third-order valence-electron chi connectivity index (χ3n) is 6.67. The first-order chi connectivity index (χ1) is 16.1. The summed E-state index contributed by atoms with van der Waals surface area (Å²) in [6.07, 6.45) is 1.72. The predicted octanol–water partition coefficient (Wildman–Crippen LogP) is 3.07. The summed E-state index contributed by atoms with van der Waals surface area (Å²) in [5, 5.41) is 15.4. The lowest BCUT2D eigenvalue weighted by atomic mass is 9.76. The molecule has 35 heavy (non-hydrogen) atoms. The molecule has 0 aliphatic rings. The van der Waals surface area contributed by atoms with E-state index in [0.717, 1.165) is 5.56 Å². The fourth-order valence-electron chi connectivity index (χ4n) is 4.30. The summed E-state index contributed by atoms with van der Waals surface area (Å²) < 4.78 is 0. The van der Waals surface area contributed by atoms with E-state index in [9.17, 15) is 19.5 Å². The lowest BCUT2D eigenvalue weighted by Gasteiger charge is -2.40. The molecular formula is C28H45N3O4. The van der Waals surface area contributed by atoms with Gasteiger partial charge in [0.05, 0.1) is 12.1 Å². The number of hydrogen-bond donors (Lipinski definition) is 3. The van der Waals surface area contributed by atoms with Crippen molar-refractivity contribution >= 4 is 17.6 Å². The van der Waals surface area contributed by atoms with Crippen LogP contribution in [0, 0.1) is 11.3 Å². The highest BCUT2D eigenvalue weighted by Gasteiger charge is 2.41. The Kier molecular flexibility index (Phi) is 10.9. The van der Waals surface area contributed by atoms with Gasteiger partial charge in [0.1, 0.15) is 12.6 Å². The quantitative estimate of drug-likeness (QED) is 0.417. The van der Waals surface area contributed by atoms with E-state index in [2.05, 4.69) is 10.6 Å². The molecule has 0 aliphatic carbocycles. The van der Waals surface area contributed by atoms with E-state index >= 15 is 0 Å². The number of nitrogens with zero attached hydrogens (tertiary/aromatic N) is 1. The summed E-state index contributed by atoms with van der Waals surface area (Å²) in [5.74, 6) is -0.857. The molecule has 0 heterocycles. The second-order valence-electron chi connectivity index (χ2n) is 11.2. The SMILES string of the molecule is CN[C@H](C(=O)N[C@H](C(=O)N(C)[C@H](/C=C(\C)C(=O)CO)C(C)C)C(C)(C)C)C(C)(C)c1ccccc1. The van der Waals surface area contributed by atoms with Crippen LogP contribution in [0.3, 0.4) is 0 Å². The number of Topliss-reactive ketones (excluding diaryl/α,β-unsaturated/α-hetero) is 1. The number of likely N-dealkylation sites (N-methyl/N-ethyl adjacent to an activating group) is 2. The van der Waals surface area contributed by atoms with Crippen LogP contribution in [-0.2, 0) is 19.8 Å². The number of hydrogen-bond acceptors (Lipinski definition) is 5. The fourth-order valence-corrected chi connectivity index (χ4v) is 4.30. The van der Waals surface area contributed by atoms with Crippen LogP contribution < -0.4 is 10.6 Å². The number of rotatable bonds is 11. The normalized spacial score (nSPS) is 15.4. The minimum Gasteiger partial charge on any atom is -0.388 e. The maximum absolute atomic E-state index is 13.7. The Morgan fingerprint density at radius 2 is 1.57 bits per heavy atom. The molecule has 0 bridgehead atoms. The number of aliphatic hydroxyl groups excluding tert-OH is 1. The van der Waals surface area contributed by atoms with Crippen LogP contribution in [0.15, 0.2) is 42.0 Å². The molecule has 0 unspecified atom stereocenters. The van der Waals surface area contributed by atoms with Gasteiger partial charge in [-0.15, -0.1) is 0 Å². The van der Waals surface area contributed by atoms with Crippen molar-refractivity contribution in [1.82, 2.24) is 15.5 Å². The van der Waals surface area contributed by atoms with Gasteiger partial charge in [0.2, 0.25) is 11.8 Å². The molecule has 7 nitrogen and oxygen atoms in total. The number of carbonyl (C=O) groups is 3. The minimum absolute atomic E-state index is 0.0174. The number of benzene rings is 1. The standard InChI is InChI=1S/C28H45N3O4/c1-18(2)21(16-19(3)22(33)17-32)31(10)26(35)24(27(4,5)6)30-25(34)23(29-9)28(7,8)20-14-12-11-13-15-20/h11-16,18,21,23-24,29,32H,17H2,1-10H3,(H,30,34)/b19-16+/t21-,23-,24-/m1/s1. The summed E-state index contributed by atoms with van der Waals surface area (Å²) in [6.45, 7) is 14.8. The van der Waals surface area contributed by atoms with Crippen molar-refractivity contribution in [3.8, 4) is 0 Å². The van der Waals surface area contributed by atoms with E-state index < -0.39 is 29.5 Å². The van der Waals surface area contributed by atoms with Crippen LogP contribution >= 0.6 is 0 Å². The molecule has 1 aromatic carbocycles. The second-order valence-corrected chi connectivity index (χ2v) is 11.2. The van der Waals surface area contributed by atoms with Crippen molar-refractivity contribution in [2.24, 2.45) is 11.3 Å². The van der Waals surface area contributed by atoms with Gasteiger partial charge >= 0.3 is 0 Å². The third-order valence-corrected chi connectivity index (χ3v) is 6.67. The van der Waals surface area contributed by atoms with Gasteiger partial charge in [-0.25, -0.2) is 0 Å². The molecule has 3 N–H and O–H groups in total. The number of ketones is 1. The molecule has 0 saturated carbocycles. The topological polar surface area (TPSA) is 98.7 Å². The van der Waals surface area contributed by atoms with Gasteiger partial charge in [-0.1, -0.05) is 84.9 Å². The van der Waals surface area contributed by atoms with Crippen molar-refractivity contribution in [1.29, 1.82) is 0 Å². The summed E-state index contributed by atoms with van der Waals surface area (Å²) in [5.41, 5.74) is 0.334. The number of aliphatic hydroxyl groups is 1. The Bertz CT molecular complexity index is 901. The lowest BCUT2D eigenvalue weighted by Crippen LogP contribution is -2.61. The van der Waals surface area contributed by atoms with Crippen LogP contribution in [0.2, 0.25) is 0 Å². The summed E-state index contributed by atoms with van der Waals surface area (Å²) in [6, 6.07) is 8.08. The largest absolute Gasteiger partial charge is 0.388 e. The number of carbonyl (C=O) groups excluding carboxylic acids is 3. The first kappa shape index (κ1) is 30.5. The Labute approximate surface area is 211 Å². The molecule has 7 heteroatoms. The Morgan fingerprint density at radius 3 is 2.00 bits per heavy atom. The van der Waals surface area contributed by atoms with Gasteiger partial charge < -0.3 is 20.6 Å². The highest BCUT2D eigenvalue weighted by Crippen LogP contribution is 2.29. The monoisotopic (exact) mass is 487 g/mol. The molecule has 1 aromatic rings. The molecule has 2 amide bonds. The molecule has 0 radical (unpaired) electrons. The lowest BCUT2D eigenvalue weighted by molar-refractivity contribution is -0.140. The van der Waals surface area contributed by atoms with Gasteiger partial charge in [0, 0.05) is 12.5 Å². The van der Waals surface area contributed by atoms with Crippen molar-refractivity contribution in [2.45, 2.75) is 78.9 Å². The average molecular weight is 488 g/mol. The van der Waals surface area contributed by atoms with Gasteiger partial charge in [0.15, 0.2) is 5.78 Å². The van der Waals surface area contributed by atoms with Crippen LogP contribution in [0.5, 0.6) is 0 Å². The molecule has 0 fully saturated rings. The van der Waals surface area contributed by atoms with Crippen molar-refractivity contribution in [3.05, 3.63) is 47.5 Å². The van der Waals surface area contributed by atoms with E-state index in [0.29, 0.717) is 5.57 Å². The minimum atomic E-state index is -0.786. The number of amides is 2. The first-order valence-electron chi connectivity index (χ1n) is 12.2. The molecular weight excluding hydrogens is 442 g/mol. The number of nitrogens with one attached hydrogen (secondary N) is 2. The van der Waals surface area contributed by atoms with Crippen molar-refractivity contribution < 1.29 is 19.5 Å². The fraction of sp³-hybridized carbons (Fsp3) is 0.607. The van der Waals surface area contributed by atoms with Gasteiger partial charge in [-0.3, -0.25) is 14.4 Å². The van der Waals surface area contributed by atoms with Crippen LogP contribution in [-0.4, -0.2) is 66.4 Å². The van der Waals surface area contributed by atoms with E-state index in [1.165, 1.54) is 0 Å². The molecule has 1 rings (SSSR count). The molecule has 0 saturated heterocycles.